The van der Waals surface area contributed by atoms with E-state index in [9.17, 15) is 5.26 Å². The van der Waals surface area contributed by atoms with Gasteiger partial charge in [-0.05, 0) is 33.7 Å². The molecule has 0 aromatic heterocycles. The Morgan fingerprint density at radius 1 is 1.65 bits per heavy atom. The molecule has 0 aromatic carbocycles. The van der Waals surface area contributed by atoms with Gasteiger partial charge < -0.3 is 10.1 Å². The maximum absolute atomic E-state index is 9.20. The molecule has 3 atom stereocenters. The fourth-order valence-corrected chi connectivity index (χ4v) is 2.51. The van der Waals surface area contributed by atoms with E-state index in [1.807, 2.05) is 14.0 Å². The molecule has 4 heteroatoms. The summed E-state index contributed by atoms with van der Waals surface area (Å²) in [5, 5.41) is 12.3. The Labute approximate surface area is 105 Å². The summed E-state index contributed by atoms with van der Waals surface area (Å²) >= 11 is 0. The molecule has 0 saturated carbocycles. The Balaban J connectivity index is 2.62. The second-order valence-electron chi connectivity index (χ2n) is 5.12. The first-order valence-electron chi connectivity index (χ1n) is 6.50. The molecule has 0 aliphatic carbocycles. The zero-order chi connectivity index (χ0) is 12.9. The lowest BCUT2D eigenvalue weighted by atomic mass is 9.93. The van der Waals surface area contributed by atoms with Crippen molar-refractivity contribution in [2.75, 3.05) is 26.8 Å². The molecule has 0 bridgehead atoms. The van der Waals surface area contributed by atoms with Gasteiger partial charge in [0.15, 0.2) is 0 Å². The van der Waals surface area contributed by atoms with Crippen LogP contribution in [0.2, 0.25) is 0 Å². The summed E-state index contributed by atoms with van der Waals surface area (Å²) in [6.07, 6.45) is 1.95. The summed E-state index contributed by atoms with van der Waals surface area (Å²) in [4.78, 5) is 2.48. The highest BCUT2D eigenvalue weighted by molar-refractivity contribution is 5.05. The molecule has 0 spiro atoms. The topological polar surface area (TPSA) is 48.3 Å². The molecular formula is C13H25N3O. The molecule has 0 radical (unpaired) electrons. The van der Waals surface area contributed by atoms with Crippen molar-refractivity contribution in [1.29, 1.82) is 5.26 Å². The molecule has 4 nitrogen and oxygen atoms in total. The van der Waals surface area contributed by atoms with Crippen molar-refractivity contribution in [3.8, 4) is 6.07 Å². The molecule has 0 amide bonds. The van der Waals surface area contributed by atoms with Gasteiger partial charge in [-0.15, -0.1) is 0 Å². The Morgan fingerprint density at radius 3 is 2.88 bits per heavy atom. The van der Waals surface area contributed by atoms with Crippen LogP contribution in [0.5, 0.6) is 0 Å². The lowest BCUT2D eigenvalue weighted by Gasteiger charge is -2.41. The Kier molecular flexibility index (Phi) is 5.38. The number of nitrogens with one attached hydrogen (secondary N) is 1. The normalized spacial score (nSPS) is 27.1. The SMILES string of the molecule is CCC1COCCN1C(C)CC(C)(C#N)NC. The van der Waals surface area contributed by atoms with Gasteiger partial charge in [0.2, 0.25) is 0 Å². The first kappa shape index (κ1) is 14.4. The molecule has 98 valence electrons. The predicted octanol–water partition coefficient (Wildman–Crippen LogP) is 1.38. The highest BCUT2D eigenvalue weighted by Gasteiger charge is 2.31. The number of morpholine rings is 1. The summed E-state index contributed by atoms with van der Waals surface area (Å²) in [6.45, 7) is 8.98. The van der Waals surface area contributed by atoms with E-state index in [0.29, 0.717) is 12.1 Å². The minimum atomic E-state index is -0.435. The van der Waals surface area contributed by atoms with Gasteiger partial charge in [0.25, 0.3) is 0 Å². The minimum absolute atomic E-state index is 0.404. The van der Waals surface area contributed by atoms with E-state index in [1.54, 1.807) is 0 Å². The Bertz CT molecular complexity index is 276. The fraction of sp³-hybridized carbons (Fsp3) is 0.923. The first-order chi connectivity index (χ1) is 8.06. The van der Waals surface area contributed by atoms with E-state index >= 15 is 0 Å². The quantitative estimate of drug-likeness (QED) is 0.787. The van der Waals surface area contributed by atoms with Gasteiger partial charge in [-0.1, -0.05) is 6.92 Å². The van der Waals surface area contributed by atoms with Gasteiger partial charge >= 0.3 is 0 Å². The maximum atomic E-state index is 9.20. The van der Waals surface area contributed by atoms with Gasteiger partial charge in [-0.3, -0.25) is 4.90 Å². The Hall–Kier alpha value is -0.630. The van der Waals surface area contributed by atoms with E-state index in [4.69, 9.17) is 4.74 Å². The van der Waals surface area contributed by atoms with Gasteiger partial charge in [0.1, 0.15) is 5.54 Å². The molecule has 1 aliphatic rings. The van der Waals surface area contributed by atoms with Crippen LogP contribution in [0.1, 0.15) is 33.6 Å². The summed E-state index contributed by atoms with van der Waals surface area (Å²) in [6, 6.07) is 3.26. The van der Waals surface area contributed by atoms with E-state index < -0.39 is 5.54 Å². The molecule has 17 heavy (non-hydrogen) atoms. The van der Waals surface area contributed by atoms with Crippen LogP contribution in [-0.2, 0) is 4.74 Å². The van der Waals surface area contributed by atoms with Crippen molar-refractivity contribution >= 4 is 0 Å². The lowest BCUT2D eigenvalue weighted by molar-refractivity contribution is -0.0307. The number of nitrogens with zero attached hydrogens (tertiary/aromatic N) is 2. The van der Waals surface area contributed by atoms with Crippen LogP contribution in [0.4, 0.5) is 0 Å². The standard InChI is InChI=1S/C13H25N3O/c1-5-12-9-17-7-6-16(12)11(2)8-13(3,10-14)15-4/h11-12,15H,5-9H2,1-4H3. The van der Waals surface area contributed by atoms with Crippen molar-refractivity contribution in [2.24, 2.45) is 0 Å². The highest BCUT2D eigenvalue weighted by Crippen LogP contribution is 2.20. The van der Waals surface area contributed by atoms with Gasteiger partial charge in [-0.2, -0.15) is 5.26 Å². The monoisotopic (exact) mass is 239 g/mol. The van der Waals surface area contributed by atoms with Crippen molar-refractivity contribution in [1.82, 2.24) is 10.2 Å². The molecule has 1 heterocycles. The average Bonchev–Trinajstić information content (AvgIpc) is 2.38. The zero-order valence-electron chi connectivity index (χ0n) is 11.5. The van der Waals surface area contributed by atoms with Gasteiger partial charge in [0.05, 0.1) is 19.3 Å². The number of rotatable bonds is 5. The summed E-state index contributed by atoms with van der Waals surface area (Å²) in [5.41, 5.74) is -0.435. The van der Waals surface area contributed by atoms with Crippen molar-refractivity contribution in [3.05, 3.63) is 0 Å². The van der Waals surface area contributed by atoms with Crippen LogP contribution in [0.15, 0.2) is 0 Å². The van der Waals surface area contributed by atoms with Crippen LogP contribution in [-0.4, -0.2) is 49.3 Å². The van der Waals surface area contributed by atoms with E-state index in [1.165, 1.54) is 0 Å². The molecule has 1 saturated heterocycles. The molecule has 3 unspecified atom stereocenters. The maximum Gasteiger partial charge on any atom is 0.105 e. The number of hydrogen-bond acceptors (Lipinski definition) is 4. The van der Waals surface area contributed by atoms with Crippen LogP contribution >= 0.6 is 0 Å². The van der Waals surface area contributed by atoms with Crippen LogP contribution < -0.4 is 5.32 Å². The predicted molar refractivity (Wildman–Crippen MR) is 68.8 cm³/mol. The lowest BCUT2D eigenvalue weighted by Crippen LogP contribution is -2.53. The molecule has 1 rings (SSSR count). The van der Waals surface area contributed by atoms with Gasteiger partial charge in [-0.25, -0.2) is 0 Å². The second-order valence-corrected chi connectivity index (χ2v) is 5.12. The largest absolute Gasteiger partial charge is 0.378 e. The van der Waals surface area contributed by atoms with E-state index in [-0.39, 0.29) is 0 Å². The zero-order valence-corrected chi connectivity index (χ0v) is 11.5. The van der Waals surface area contributed by atoms with Crippen LogP contribution in [0.25, 0.3) is 0 Å². The third kappa shape index (κ3) is 3.67. The Morgan fingerprint density at radius 2 is 2.35 bits per heavy atom. The summed E-state index contributed by atoms with van der Waals surface area (Å²) in [7, 11) is 1.85. The highest BCUT2D eigenvalue weighted by atomic mass is 16.5. The van der Waals surface area contributed by atoms with Crippen molar-refractivity contribution in [2.45, 2.75) is 51.2 Å². The fourth-order valence-electron chi connectivity index (χ4n) is 2.51. The van der Waals surface area contributed by atoms with E-state index in [2.05, 4.69) is 30.1 Å². The number of ether oxygens (including phenoxy) is 1. The third-order valence-electron chi connectivity index (χ3n) is 3.81. The van der Waals surface area contributed by atoms with Crippen molar-refractivity contribution < 1.29 is 4.74 Å². The minimum Gasteiger partial charge on any atom is -0.378 e. The van der Waals surface area contributed by atoms with Crippen LogP contribution in [0, 0.1) is 11.3 Å². The average molecular weight is 239 g/mol. The summed E-state index contributed by atoms with van der Waals surface area (Å²) < 4.78 is 5.51. The van der Waals surface area contributed by atoms with Gasteiger partial charge in [0, 0.05) is 18.6 Å². The molecule has 1 fully saturated rings. The molecular weight excluding hydrogens is 214 g/mol. The molecule has 0 aromatic rings. The van der Waals surface area contributed by atoms with Crippen LogP contribution in [0.3, 0.4) is 0 Å². The number of hydrogen-bond donors (Lipinski definition) is 1. The second kappa shape index (κ2) is 6.34. The first-order valence-corrected chi connectivity index (χ1v) is 6.50. The smallest absolute Gasteiger partial charge is 0.105 e. The number of nitriles is 1. The van der Waals surface area contributed by atoms with Crippen molar-refractivity contribution in [3.63, 3.8) is 0 Å². The van der Waals surface area contributed by atoms with E-state index in [0.717, 1.165) is 32.6 Å². The summed E-state index contributed by atoms with van der Waals surface area (Å²) in [5.74, 6) is 0. The molecule has 1 aliphatic heterocycles. The molecule has 1 N–H and O–H groups in total. The third-order valence-corrected chi connectivity index (χ3v) is 3.81.